The topological polar surface area (TPSA) is 209 Å². The molecule has 0 fully saturated rings. The zero-order chi connectivity index (χ0) is 35.9. The van der Waals surface area contributed by atoms with Crippen LogP contribution in [0.1, 0.15) is 0 Å². The maximum Gasteiger partial charge on any atom is 1.00 e. The van der Waals surface area contributed by atoms with E-state index in [1.807, 2.05) is 0 Å². The van der Waals surface area contributed by atoms with E-state index >= 15 is 0 Å². The van der Waals surface area contributed by atoms with Gasteiger partial charge in [-0.2, -0.15) is 0 Å². The molecule has 256 valence electrons. The molecule has 0 saturated heterocycles. The summed E-state index contributed by atoms with van der Waals surface area (Å²) in [7, 11) is 0. The molecule has 18 heteroatoms. The zero-order valence-corrected chi connectivity index (χ0v) is 33.1. The first kappa shape index (κ1) is 42.3. The van der Waals surface area contributed by atoms with Gasteiger partial charge < -0.3 is 48.6 Å². The van der Waals surface area contributed by atoms with E-state index in [1.54, 1.807) is 84.9 Å². The summed E-state index contributed by atoms with van der Waals surface area (Å²) in [4.78, 5) is 52.2. The van der Waals surface area contributed by atoms with Crippen LogP contribution in [0.15, 0.2) is 84.9 Å². The van der Waals surface area contributed by atoms with Gasteiger partial charge in [0.2, 0.25) is 0 Å². The number of rotatable bonds is 12. The van der Waals surface area contributed by atoms with Gasteiger partial charge in [-0.1, -0.05) is 23.2 Å². The van der Waals surface area contributed by atoms with Gasteiger partial charge in [0.15, 0.2) is 13.2 Å². The molecule has 0 spiro atoms. The van der Waals surface area contributed by atoms with Crippen LogP contribution >= 0.6 is 23.2 Å². The minimum Gasteiger partial charge on any atom is -0.548 e. The van der Waals surface area contributed by atoms with Crippen molar-refractivity contribution >= 4 is 69.1 Å². The Morgan fingerprint density at radius 2 is 0.942 bits per heavy atom. The van der Waals surface area contributed by atoms with Crippen molar-refractivity contribution in [1.29, 1.82) is 0 Å². The van der Waals surface area contributed by atoms with Crippen LogP contribution in [0.4, 0.5) is 0 Å². The van der Waals surface area contributed by atoms with E-state index in [2.05, 4.69) is 9.97 Å². The number of nitrogens with zero attached hydrogens (tertiary/aromatic N) is 4. The number of halogens is 2. The SMILES string of the molecule is O=C([O-])Cn1c(-c2ccc(OCC(=O)O)cc2)nc2cc(Cl)ccc21.O=C([O-])Cn1c(-c2ccc(OCC(=O)O)cc2)nc2cc(Cl)ccc21.[Na+].[Na+]. The third-order valence-corrected chi connectivity index (χ3v) is 7.41. The molecule has 0 amide bonds. The fourth-order valence-electron chi connectivity index (χ4n) is 4.92. The van der Waals surface area contributed by atoms with Crippen LogP contribution in [0.3, 0.4) is 0 Å². The molecule has 52 heavy (non-hydrogen) atoms. The molecule has 0 atom stereocenters. The first-order valence-corrected chi connectivity index (χ1v) is 15.2. The molecule has 0 radical (unpaired) electrons. The fraction of sp³-hybridized carbons (Fsp3) is 0.118. The molecule has 0 aliphatic heterocycles. The summed E-state index contributed by atoms with van der Waals surface area (Å²) in [6, 6.07) is 23.1. The predicted octanol–water partition coefficient (Wildman–Crippen LogP) is -2.85. The number of imidazole rings is 2. The Bertz CT molecular complexity index is 2070. The van der Waals surface area contributed by atoms with E-state index in [0.717, 1.165) is 0 Å². The van der Waals surface area contributed by atoms with Gasteiger partial charge in [-0.3, -0.25) is 0 Å². The molecule has 2 heterocycles. The second-order valence-corrected chi connectivity index (χ2v) is 11.3. The average molecular weight is 765 g/mol. The van der Waals surface area contributed by atoms with E-state index in [1.165, 1.54) is 9.13 Å². The van der Waals surface area contributed by atoms with Gasteiger partial charge in [-0.25, -0.2) is 19.6 Å². The van der Waals surface area contributed by atoms with Crippen LogP contribution in [0.2, 0.25) is 10.0 Å². The van der Waals surface area contributed by atoms with Gasteiger partial charge in [0.05, 0.1) is 47.1 Å². The monoisotopic (exact) mass is 764 g/mol. The summed E-state index contributed by atoms with van der Waals surface area (Å²) in [5.41, 5.74) is 3.67. The van der Waals surface area contributed by atoms with Crippen LogP contribution in [0.5, 0.6) is 11.5 Å². The number of hydrogen-bond donors (Lipinski definition) is 2. The van der Waals surface area contributed by atoms with Crippen LogP contribution < -0.4 is 78.8 Å². The number of carbonyl (C=O) groups is 4. The van der Waals surface area contributed by atoms with Gasteiger partial charge in [0.25, 0.3) is 0 Å². The Morgan fingerprint density at radius 3 is 1.25 bits per heavy atom. The number of hydrogen-bond acceptors (Lipinski definition) is 10. The fourth-order valence-corrected chi connectivity index (χ4v) is 5.25. The van der Waals surface area contributed by atoms with Crippen molar-refractivity contribution < 1.29 is 108 Å². The predicted molar refractivity (Wildman–Crippen MR) is 177 cm³/mol. The van der Waals surface area contributed by atoms with Crippen molar-refractivity contribution in [2.45, 2.75) is 13.1 Å². The summed E-state index contributed by atoms with van der Waals surface area (Å²) >= 11 is 11.9. The van der Waals surface area contributed by atoms with Gasteiger partial charge >= 0.3 is 71.1 Å². The van der Waals surface area contributed by atoms with Gasteiger partial charge in [-0.15, -0.1) is 0 Å². The minimum atomic E-state index is -1.24. The van der Waals surface area contributed by atoms with E-state index in [0.29, 0.717) is 66.4 Å². The van der Waals surface area contributed by atoms with Gasteiger partial charge in [0, 0.05) is 21.2 Å². The number of carbonyl (C=O) groups excluding carboxylic acids is 2. The zero-order valence-electron chi connectivity index (χ0n) is 27.6. The number of aliphatic carboxylic acids is 4. The van der Waals surface area contributed by atoms with Gasteiger partial charge in [-0.05, 0) is 84.9 Å². The normalized spacial score (nSPS) is 10.3. The van der Waals surface area contributed by atoms with Crippen molar-refractivity contribution in [3.05, 3.63) is 95.0 Å². The maximum atomic E-state index is 11.1. The summed E-state index contributed by atoms with van der Waals surface area (Å²) in [6.07, 6.45) is 0. The van der Waals surface area contributed by atoms with Crippen molar-refractivity contribution in [2.24, 2.45) is 0 Å². The standard InChI is InChI=1S/2C17H13ClN2O5.2Na/c2*18-11-3-6-14-13(7-11)19-17(20(14)8-15(21)22)10-1-4-12(5-2-10)25-9-16(23)24;;/h2*1-7H,8-9H2,(H,21,22)(H,23,24);;/q;;2*+1/p-2. The smallest absolute Gasteiger partial charge is 0.548 e. The number of aromatic nitrogens is 4. The first-order chi connectivity index (χ1) is 23.9. The van der Waals surface area contributed by atoms with E-state index < -0.39 is 37.1 Å². The molecule has 0 aliphatic rings. The molecular formula is C34H24Cl2N4Na2O10. The molecule has 0 saturated carbocycles. The molecule has 0 unspecified atom stereocenters. The largest absolute Gasteiger partial charge is 1.00 e. The number of ether oxygens (including phenoxy) is 2. The molecule has 0 bridgehead atoms. The number of fused-ring (bicyclic) bond motifs is 2. The number of benzene rings is 4. The van der Waals surface area contributed by atoms with E-state index in [9.17, 15) is 29.4 Å². The van der Waals surface area contributed by atoms with E-state index in [-0.39, 0.29) is 72.2 Å². The molecule has 6 aromatic rings. The minimum absolute atomic E-state index is 0. The van der Waals surface area contributed by atoms with Crippen LogP contribution in [-0.2, 0) is 32.3 Å². The summed E-state index contributed by atoms with van der Waals surface area (Å²) < 4.78 is 13.2. The van der Waals surface area contributed by atoms with Crippen LogP contribution in [0, 0.1) is 0 Å². The van der Waals surface area contributed by atoms with Crippen LogP contribution in [0.25, 0.3) is 44.8 Å². The summed E-state index contributed by atoms with van der Waals surface area (Å²) in [5, 5.41) is 40.4. The molecule has 0 aliphatic carbocycles. The first-order valence-electron chi connectivity index (χ1n) is 14.5. The Balaban J connectivity index is 0.000000270. The number of carboxylic acids is 4. The summed E-state index contributed by atoms with van der Waals surface area (Å²) in [5.74, 6) is -2.98. The Morgan fingerprint density at radius 1 is 0.596 bits per heavy atom. The molecular weight excluding hydrogens is 741 g/mol. The van der Waals surface area contributed by atoms with E-state index in [4.69, 9.17) is 42.9 Å². The van der Waals surface area contributed by atoms with Gasteiger partial charge in [0.1, 0.15) is 23.1 Å². The van der Waals surface area contributed by atoms with Crippen molar-refractivity contribution in [1.82, 2.24) is 19.1 Å². The number of carboxylic acid groups (broad SMARTS) is 4. The molecule has 2 N–H and O–H groups in total. The van der Waals surface area contributed by atoms with Crippen LogP contribution in [-0.4, -0.2) is 66.4 Å². The van der Waals surface area contributed by atoms with Crippen molar-refractivity contribution in [2.75, 3.05) is 13.2 Å². The maximum absolute atomic E-state index is 11.1. The Kier molecular flexibility index (Phi) is 15.5. The van der Waals surface area contributed by atoms with Crippen molar-refractivity contribution in [3.63, 3.8) is 0 Å². The molecule has 6 rings (SSSR count). The quantitative estimate of drug-likeness (QED) is 0.121. The van der Waals surface area contributed by atoms with Crippen molar-refractivity contribution in [3.8, 4) is 34.3 Å². The Hall–Kier alpha value is -4.12. The molecule has 4 aromatic carbocycles. The second kappa shape index (κ2) is 19.1. The average Bonchev–Trinajstić information content (AvgIpc) is 3.59. The second-order valence-electron chi connectivity index (χ2n) is 10.5. The third-order valence-electron chi connectivity index (χ3n) is 6.94. The molecule has 2 aromatic heterocycles. The third kappa shape index (κ3) is 10.9. The Labute approximate surface area is 349 Å². The summed E-state index contributed by atoms with van der Waals surface area (Å²) in [6.45, 7) is -1.60. The molecule has 14 nitrogen and oxygen atoms in total.